The summed E-state index contributed by atoms with van der Waals surface area (Å²) in [5, 5.41) is 20.0. The number of ether oxygens (including phenoxy) is 1. The van der Waals surface area contributed by atoms with Gasteiger partial charge in [0.05, 0.1) is 0 Å². The van der Waals surface area contributed by atoms with E-state index in [1.54, 1.807) is 0 Å². The maximum Gasteiger partial charge on any atom is 0.323 e. The smallest absolute Gasteiger partial charge is 0.323 e. The first kappa shape index (κ1) is 15.2. The highest BCUT2D eigenvalue weighted by Gasteiger charge is 2.31. The Morgan fingerprint density at radius 1 is 1.16 bits per heavy atom. The molecule has 19 heavy (non-hydrogen) atoms. The van der Waals surface area contributed by atoms with Crippen molar-refractivity contribution >= 4 is 18.0 Å². The number of nitrogens with zero attached hydrogens (tertiary/aromatic N) is 1. The van der Waals surface area contributed by atoms with Gasteiger partial charge in [0.2, 0.25) is 0 Å². The summed E-state index contributed by atoms with van der Waals surface area (Å²) in [6, 6.07) is -0.686. The molecule has 8 heteroatoms. The third-order valence-electron chi connectivity index (χ3n) is 2.94. The Labute approximate surface area is 110 Å². The number of carboxylic acid groups (broad SMARTS) is 2. The molecule has 1 saturated heterocycles. The van der Waals surface area contributed by atoms with E-state index < -0.39 is 36.6 Å². The van der Waals surface area contributed by atoms with Crippen LogP contribution in [0.2, 0.25) is 0 Å². The molecule has 0 bridgehead atoms. The van der Waals surface area contributed by atoms with Crippen molar-refractivity contribution in [3.8, 4) is 0 Å². The Morgan fingerprint density at radius 2 is 1.63 bits per heavy atom. The van der Waals surface area contributed by atoms with Crippen molar-refractivity contribution in [1.29, 1.82) is 0 Å². The summed E-state index contributed by atoms with van der Waals surface area (Å²) in [5.74, 6) is -2.51. The third kappa shape index (κ3) is 5.12. The average Bonchev–Trinajstić information content (AvgIpc) is 2.27. The van der Waals surface area contributed by atoms with Gasteiger partial charge in [-0.05, 0) is 19.8 Å². The number of nitrogens with one attached hydrogen (secondary N) is 1. The SMILES string of the molecule is CC1(NC(=O)N(CC(=O)O)CC(=O)O)CCOCC1. The Balaban J connectivity index is 2.64. The molecule has 2 amide bonds. The first-order valence-electron chi connectivity index (χ1n) is 5.91. The van der Waals surface area contributed by atoms with Gasteiger partial charge in [0.1, 0.15) is 13.1 Å². The van der Waals surface area contributed by atoms with Gasteiger partial charge in [-0.2, -0.15) is 0 Å². The van der Waals surface area contributed by atoms with Crippen LogP contribution in [0.5, 0.6) is 0 Å². The van der Waals surface area contributed by atoms with Crippen molar-refractivity contribution in [3.63, 3.8) is 0 Å². The zero-order valence-corrected chi connectivity index (χ0v) is 10.7. The largest absolute Gasteiger partial charge is 0.480 e. The number of amides is 2. The normalized spacial score (nSPS) is 17.5. The molecule has 0 saturated carbocycles. The second-order valence-electron chi connectivity index (χ2n) is 4.75. The molecule has 0 aromatic rings. The molecule has 1 aliphatic rings. The Morgan fingerprint density at radius 3 is 2.05 bits per heavy atom. The summed E-state index contributed by atoms with van der Waals surface area (Å²) in [4.78, 5) is 34.0. The molecule has 1 heterocycles. The lowest BCUT2D eigenvalue weighted by Gasteiger charge is -2.36. The van der Waals surface area contributed by atoms with Gasteiger partial charge in [-0.15, -0.1) is 0 Å². The lowest BCUT2D eigenvalue weighted by atomic mass is 9.93. The van der Waals surface area contributed by atoms with Gasteiger partial charge in [0.25, 0.3) is 0 Å². The zero-order chi connectivity index (χ0) is 14.5. The number of hydrogen-bond donors (Lipinski definition) is 3. The van der Waals surface area contributed by atoms with Crippen molar-refractivity contribution in [2.75, 3.05) is 26.3 Å². The van der Waals surface area contributed by atoms with E-state index in [4.69, 9.17) is 14.9 Å². The summed E-state index contributed by atoms with van der Waals surface area (Å²) >= 11 is 0. The highest BCUT2D eigenvalue weighted by Crippen LogP contribution is 2.19. The Kier molecular flexibility index (Phi) is 5.11. The summed E-state index contributed by atoms with van der Waals surface area (Å²) in [6.07, 6.45) is 1.21. The van der Waals surface area contributed by atoms with Crippen LogP contribution < -0.4 is 5.32 Å². The summed E-state index contributed by atoms with van der Waals surface area (Å²) in [5.41, 5.74) is -0.495. The highest BCUT2D eigenvalue weighted by atomic mass is 16.5. The summed E-state index contributed by atoms with van der Waals surface area (Å²) in [7, 11) is 0. The van der Waals surface area contributed by atoms with Gasteiger partial charge < -0.3 is 25.2 Å². The molecular weight excluding hydrogens is 256 g/mol. The number of aliphatic carboxylic acids is 2. The minimum Gasteiger partial charge on any atom is -0.480 e. The number of hydrogen-bond acceptors (Lipinski definition) is 4. The maximum absolute atomic E-state index is 11.9. The van der Waals surface area contributed by atoms with Gasteiger partial charge in [-0.3, -0.25) is 9.59 Å². The molecule has 0 atom stereocenters. The van der Waals surface area contributed by atoms with E-state index in [1.165, 1.54) is 0 Å². The molecule has 0 spiro atoms. The molecule has 108 valence electrons. The molecule has 3 N–H and O–H groups in total. The second kappa shape index (κ2) is 6.37. The quantitative estimate of drug-likeness (QED) is 0.636. The number of carbonyl (C=O) groups excluding carboxylic acids is 1. The predicted octanol–water partition coefficient (Wildman–Crippen LogP) is -0.264. The van der Waals surface area contributed by atoms with E-state index in [9.17, 15) is 14.4 Å². The fraction of sp³-hybridized carbons (Fsp3) is 0.727. The molecule has 0 aromatic heterocycles. The van der Waals surface area contributed by atoms with Crippen LogP contribution in [0, 0.1) is 0 Å². The van der Waals surface area contributed by atoms with E-state index in [-0.39, 0.29) is 0 Å². The van der Waals surface area contributed by atoms with Crippen LogP contribution in [0.3, 0.4) is 0 Å². The van der Waals surface area contributed by atoms with Crippen molar-refractivity contribution in [1.82, 2.24) is 10.2 Å². The lowest BCUT2D eigenvalue weighted by molar-refractivity contribution is -0.140. The number of rotatable bonds is 5. The molecule has 1 fully saturated rings. The van der Waals surface area contributed by atoms with Gasteiger partial charge in [0, 0.05) is 18.8 Å². The van der Waals surface area contributed by atoms with Crippen LogP contribution >= 0.6 is 0 Å². The van der Waals surface area contributed by atoms with Gasteiger partial charge >= 0.3 is 18.0 Å². The fourth-order valence-corrected chi connectivity index (χ4v) is 1.81. The molecule has 0 aliphatic carbocycles. The molecule has 0 unspecified atom stereocenters. The standard InChI is InChI=1S/C11H18N2O6/c1-11(2-4-19-5-3-11)12-10(18)13(6-8(14)15)7-9(16)17/h2-7H2,1H3,(H,12,18)(H,14,15)(H,16,17). The van der Waals surface area contributed by atoms with Crippen LogP contribution in [-0.2, 0) is 14.3 Å². The Bertz CT molecular complexity index is 348. The summed E-state index contributed by atoms with van der Waals surface area (Å²) in [6.45, 7) is 1.55. The van der Waals surface area contributed by atoms with Crippen LogP contribution in [0.1, 0.15) is 19.8 Å². The molecule has 8 nitrogen and oxygen atoms in total. The second-order valence-corrected chi connectivity index (χ2v) is 4.75. The molecule has 0 radical (unpaired) electrons. The predicted molar refractivity (Wildman–Crippen MR) is 63.8 cm³/mol. The van der Waals surface area contributed by atoms with Crippen molar-refractivity contribution in [3.05, 3.63) is 0 Å². The fourth-order valence-electron chi connectivity index (χ4n) is 1.81. The molecule has 1 rings (SSSR count). The van der Waals surface area contributed by atoms with Gasteiger partial charge in [0.15, 0.2) is 0 Å². The highest BCUT2D eigenvalue weighted by molar-refractivity contribution is 5.84. The number of carboxylic acids is 2. The van der Waals surface area contributed by atoms with E-state index in [2.05, 4.69) is 5.32 Å². The van der Waals surface area contributed by atoms with E-state index in [0.29, 0.717) is 26.1 Å². The first-order chi connectivity index (χ1) is 8.82. The van der Waals surface area contributed by atoms with E-state index in [0.717, 1.165) is 4.90 Å². The van der Waals surface area contributed by atoms with Crippen LogP contribution in [-0.4, -0.2) is 64.9 Å². The van der Waals surface area contributed by atoms with Crippen molar-refractivity contribution in [2.45, 2.75) is 25.3 Å². The molecular formula is C11H18N2O6. The van der Waals surface area contributed by atoms with Gasteiger partial charge in [-0.25, -0.2) is 4.79 Å². The van der Waals surface area contributed by atoms with Crippen molar-refractivity contribution < 1.29 is 29.3 Å². The monoisotopic (exact) mass is 274 g/mol. The van der Waals surface area contributed by atoms with Crippen LogP contribution in [0.15, 0.2) is 0 Å². The number of urea groups is 1. The van der Waals surface area contributed by atoms with E-state index in [1.807, 2.05) is 6.92 Å². The third-order valence-corrected chi connectivity index (χ3v) is 2.94. The maximum atomic E-state index is 11.9. The average molecular weight is 274 g/mol. The minimum atomic E-state index is -1.26. The zero-order valence-electron chi connectivity index (χ0n) is 10.7. The molecule has 1 aliphatic heterocycles. The van der Waals surface area contributed by atoms with Gasteiger partial charge in [-0.1, -0.05) is 0 Å². The summed E-state index contributed by atoms with van der Waals surface area (Å²) < 4.78 is 5.18. The first-order valence-corrected chi connectivity index (χ1v) is 5.91. The van der Waals surface area contributed by atoms with E-state index >= 15 is 0 Å². The minimum absolute atomic E-state index is 0.495. The molecule has 0 aromatic carbocycles. The Hall–Kier alpha value is -1.83. The van der Waals surface area contributed by atoms with Crippen LogP contribution in [0.4, 0.5) is 4.79 Å². The topological polar surface area (TPSA) is 116 Å². The lowest BCUT2D eigenvalue weighted by Crippen LogP contribution is -2.55. The van der Waals surface area contributed by atoms with Crippen molar-refractivity contribution in [2.24, 2.45) is 0 Å². The number of carbonyl (C=O) groups is 3. The van der Waals surface area contributed by atoms with Crippen LogP contribution in [0.25, 0.3) is 0 Å².